The molecular formula is C21H23NO6. The van der Waals surface area contributed by atoms with Crippen molar-refractivity contribution in [3.8, 4) is 5.75 Å². The molecule has 148 valence electrons. The van der Waals surface area contributed by atoms with Crippen molar-refractivity contribution in [2.45, 2.75) is 26.0 Å². The minimum Gasteiger partial charge on any atom is -0.467 e. The maximum absolute atomic E-state index is 12.1. The number of carbonyl (C=O) groups is 3. The van der Waals surface area contributed by atoms with E-state index in [-0.39, 0.29) is 13.0 Å². The summed E-state index contributed by atoms with van der Waals surface area (Å²) in [4.78, 5) is 35.1. The third-order valence-corrected chi connectivity index (χ3v) is 3.79. The molecular weight excluding hydrogens is 362 g/mol. The van der Waals surface area contributed by atoms with Gasteiger partial charge in [0.05, 0.1) is 13.7 Å². The van der Waals surface area contributed by atoms with Gasteiger partial charge in [-0.15, -0.1) is 0 Å². The van der Waals surface area contributed by atoms with Crippen molar-refractivity contribution < 1.29 is 28.6 Å². The molecule has 0 saturated heterocycles. The summed E-state index contributed by atoms with van der Waals surface area (Å²) in [5, 5.41) is 2.63. The van der Waals surface area contributed by atoms with Gasteiger partial charge in [-0.25, -0.2) is 4.79 Å². The average molecular weight is 385 g/mol. The Morgan fingerprint density at radius 2 is 1.64 bits per heavy atom. The molecule has 0 radical (unpaired) electrons. The molecule has 1 amide bonds. The molecule has 1 N–H and O–H groups in total. The lowest BCUT2D eigenvalue weighted by molar-refractivity contribution is -0.145. The SMILES string of the molecule is COC(=O)C(Cc1ccc(OC(C)=O)cc1)NC(=O)COCc1ccccc1. The predicted octanol–water partition coefficient (Wildman–Crippen LogP) is 2.03. The highest BCUT2D eigenvalue weighted by molar-refractivity contribution is 5.85. The molecule has 2 aromatic carbocycles. The van der Waals surface area contributed by atoms with Crippen LogP contribution in [0.25, 0.3) is 0 Å². The molecule has 0 aliphatic rings. The maximum atomic E-state index is 12.1. The number of ether oxygens (including phenoxy) is 3. The van der Waals surface area contributed by atoms with E-state index in [0.29, 0.717) is 12.4 Å². The lowest BCUT2D eigenvalue weighted by Gasteiger charge is -2.17. The molecule has 0 aliphatic carbocycles. The molecule has 0 fully saturated rings. The number of rotatable bonds is 9. The minimum absolute atomic E-state index is 0.173. The summed E-state index contributed by atoms with van der Waals surface area (Å²) in [6.07, 6.45) is 0.234. The highest BCUT2D eigenvalue weighted by Crippen LogP contribution is 2.14. The molecule has 2 rings (SSSR count). The third-order valence-electron chi connectivity index (χ3n) is 3.79. The number of benzene rings is 2. The Labute approximate surface area is 163 Å². The molecule has 0 saturated carbocycles. The summed E-state index contributed by atoms with van der Waals surface area (Å²) in [6, 6.07) is 15.3. The van der Waals surface area contributed by atoms with Gasteiger partial charge in [0.1, 0.15) is 18.4 Å². The molecule has 7 heteroatoms. The van der Waals surface area contributed by atoms with Crippen LogP contribution in [-0.2, 0) is 36.9 Å². The summed E-state index contributed by atoms with van der Waals surface area (Å²) in [5.41, 5.74) is 1.73. The average Bonchev–Trinajstić information content (AvgIpc) is 2.68. The molecule has 7 nitrogen and oxygen atoms in total. The Morgan fingerprint density at radius 1 is 0.964 bits per heavy atom. The number of hydrogen-bond donors (Lipinski definition) is 1. The first-order valence-electron chi connectivity index (χ1n) is 8.74. The zero-order chi connectivity index (χ0) is 20.4. The largest absolute Gasteiger partial charge is 0.467 e. The summed E-state index contributed by atoms with van der Waals surface area (Å²) >= 11 is 0. The van der Waals surface area contributed by atoms with Crippen LogP contribution in [0.2, 0.25) is 0 Å². The Bertz CT molecular complexity index is 788. The second-order valence-corrected chi connectivity index (χ2v) is 6.06. The molecule has 28 heavy (non-hydrogen) atoms. The van der Waals surface area contributed by atoms with E-state index in [1.165, 1.54) is 14.0 Å². The number of amides is 1. The van der Waals surface area contributed by atoms with Gasteiger partial charge in [-0.2, -0.15) is 0 Å². The molecule has 0 heterocycles. The quantitative estimate of drug-likeness (QED) is 0.525. The van der Waals surface area contributed by atoms with E-state index in [2.05, 4.69) is 5.32 Å². The van der Waals surface area contributed by atoms with Crippen molar-refractivity contribution in [2.24, 2.45) is 0 Å². The second kappa shape index (κ2) is 10.8. The van der Waals surface area contributed by atoms with Crippen molar-refractivity contribution in [1.82, 2.24) is 5.32 Å². The first-order valence-corrected chi connectivity index (χ1v) is 8.74. The zero-order valence-corrected chi connectivity index (χ0v) is 15.8. The van der Waals surface area contributed by atoms with Crippen LogP contribution in [-0.4, -0.2) is 37.6 Å². The third kappa shape index (κ3) is 7.20. The predicted molar refractivity (Wildman–Crippen MR) is 101 cm³/mol. The van der Waals surface area contributed by atoms with Crippen LogP contribution in [0, 0.1) is 0 Å². The van der Waals surface area contributed by atoms with Crippen LogP contribution >= 0.6 is 0 Å². The van der Waals surface area contributed by atoms with Crippen LogP contribution < -0.4 is 10.1 Å². The summed E-state index contributed by atoms with van der Waals surface area (Å²) in [6.45, 7) is 1.44. The van der Waals surface area contributed by atoms with Gasteiger partial charge in [0.2, 0.25) is 5.91 Å². The number of esters is 2. The van der Waals surface area contributed by atoms with E-state index in [0.717, 1.165) is 11.1 Å². The van der Waals surface area contributed by atoms with Crippen LogP contribution in [0.4, 0.5) is 0 Å². The van der Waals surface area contributed by atoms with Crippen molar-refractivity contribution in [3.05, 3.63) is 65.7 Å². The Hall–Kier alpha value is -3.19. The highest BCUT2D eigenvalue weighted by atomic mass is 16.5. The van der Waals surface area contributed by atoms with Gasteiger partial charge < -0.3 is 19.5 Å². The number of carbonyl (C=O) groups excluding carboxylic acids is 3. The normalized spacial score (nSPS) is 11.4. The lowest BCUT2D eigenvalue weighted by Crippen LogP contribution is -2.44. The number of nitrogens with one attached hydrogen (secondary N) is 1. The molecule has 1 atom stereocenters. The van der Waals surface area contributed by atoms with Gasteiger partial charge >= 0.3 is 11.9 Å². The van der Waals surface area contributed by atoms with Crippen molar-refractivity contribution in [1.29, 1.82) is 0 Å². The fourth-order valence-corrected chi connectivity index (χ4v) is 2.50. The topological polar surface area (TPSA) is 90.9 Å². The van der Waals surface area contributed by atoms with E-state index in [9.17, 15) is 14.4 Å². The van der Waals surface area contributed by atoms with Gasteiger partial charge in [0.25, 0.3) is 0 Å². The molecule has 0 aromatic heterocycles. The fraction of sp³-hybridized carbons (Fsp3) is 0.286. The zero-order valence-electron chi connectivity index (χ0n) is 15.8. The monoisotopic (exact) mass is 385 g/mol. The molecule has 0 aliphatic heterocycles. The standard InChI is InChI=1S/C21H23NO6/c1-15(23)28-18-10-8-16(9-11-18)12-19(21(25)26-2)22-20(24)14-27-13-17-6-4-3-5-7-17/h3-11,19H,12-14H2,1-2H3,(H,22,24). The number of hydrogen-bond acceptors (Lipinski definition) is 6. The molecule has 0 spiro atoms. The Balaban J connectivity index is 1.89. The first-order chi connectivity index (χ1) is 13.5. The molecule has 2 aromatic rings. The second-order valence-electron chi connectivity index (χ2n) is 6.06. The van der Waals surface area contributed by atoms with E-state index in [1.807, 2.05) is 30.3 Å². The first kappa shape index (κ1) is 21.1. The molecule has 0 bridgehead atoms. The van der Waals surface area contributed by atoms with E-state index < -0.39 is 23.9 Å². The van der Waals surface area contributed by atoms with Gasteiger partial charge in [-0.3, -0.25) is 9.59 Å². The van der Waals surface area contributed by atoms with Gasteiger partial charge in [0, 0.05) is 13.3 Å². The number of methoxy groups -OCH3 is 1. The van der Waals surface area contributed by atoms with Gasteiger partial charge in [-0.05, 0) is 23.3 Å². The van der Waals surface area contributed by atoms with Gasteiger partial charge in [-0.1, -0.05) is 42.5 Å². The lowest BCUT2D eigenvalue weighted by atomic mass is 10.1. The van der Waals surface area contributed by atoms with Crippen molar-refractivity contribution in [3.63, 3.8) is 0 Å². The summed E-state index contributed by atoms with van der Waals surface area (Å²) < 4.78 is 15.1. The fourth-order valence-electron chi connectivity index (χ4n) is 2.50. The van der Waals surface area contributed by atoms with Crippen LogP contribution in [0.3, 0.4) is 0 Å². The van der Waals surface area contributed by atoms with Crippen LogP contribution in [0.5, 0.6) is 5.75 Å². The van der Waals surface area contributed by atoms with Crippen LogP contribution in [0.1, 0.15) is 18.1 Å². The van der Waals surface area contributed by atoms with Crippen molar-refractivity contribution >= 4 is 17.8 Å². The Morgan fingerprint density at radius 3 is 2.25 bits per heavy atom. The summed E-state index contributed by atoms with van der Waals surface area (Å²) in [7, 11) is 1.26. The van der Waals surface area contributed by atoms with E-state index in [4.69, 9.17) is 14.2 Å². The Kier molecular flexibility index (Phi) is 8.17. The molecule has 1 unspecified atom stereocenters. The van der Waals surface area contributed by atoms with E-state index in [1.54, 1.807) is 24.3 Å². The van der Waals surface area contributed by atoms with E-state index >= 15 is 0 Å². The van der Waals surface area contributed by atoms with Crippen molar-refractivity contribution in [2.75, 3.05) is 13.7 Å². The smallest absolute Gasteiger partial charge is 0.328 e. The van der Waals surface area contributed by atoms with Gasteiger partial charge in [0.15, 0.2) is 0 Å². The van der Waals surface area contributed by atoms with Crippen LogP contribution in [0.15, 0.2) is 54.6 Å². The maximum Gasteiger partial charge on any atom is 0.328 e. The highest BCUT2D eigenvalue weighted by Gasteiger charge is 2.22. The minimum atomic E-state index is -0.850. The summed E-state index contributed by atoms with van der Waals surface area (Å²) in [5.74, 6) is -0.976.